The van der Waals surface area contributed by atoms with Crippen molar-refractivity contribution in [1.29, 1.82) is 0 Å². The molecule has 2 aromatic heterocycles. The number of imidazole rings is 1. The lowest BCUT2D eigenvalue weighted by atomic mass is 10.2. The van der Waals surface area contributed by atoms with E-state index < -0.39 is 0 Å². The fourth-order valence-electron chi connectivity index (χ4n) is 3.72. The predicted octanol–water partition coefficient (Wildman–Crippen LogP) is 2.42. The van der Waals surface area contributed by atoms with Crippen LogP contribution >= 0.6 is 0 Å². The monoisotopic (exact) mass is 368 g/mol. The number of aromatic nitrogens is 4. The molecular weight excluding hydrogens is 344 g/mol. The predicted molar refractivity (Wildman–Crippen MR) is 104 cm³/mol. The zero-order valence-electron chi connectivity index (χ0n) is 15.9. The van der Waals surface area contributed by atoms with Crippen molar-refractivity contribution in [3.05, 3.63) is 57.0 Å². The summed E-state index contributed by atoms with van der Waals surface area (Å²) in [6.07, 6.45) is 3.35. The number of aryl methyl sites for hydroxylation is 1. The first-order chi connectivity index (χ1) is 13.0. The van der Waals surface area contributed by atoms with E-state index in [1.807, 2.05) is 49.6 Å². The topological polar surface area (TPSA) is 71.1 Å². The average Bonchev–Trinajstić information content (AvgIpc) is 3.30. The van der Waals surface area contributed by atoms with Crippen molar-refractivity contribution in [3.8, 4) is 5.69 Å². The molecule has 1 saturated heterocycles. The maximum Gasteiger partial charge on any atom is 0.337 e. The summed E-state index contributed by atoms with van der Waals surface area (Å²) in [6.45, 7) is 6.88. The van der Waals surface area contributed by atoms with Gasteiger partial charge in [0.05, 0.1) is 24.7 Å². The van der Waals surface area contributed by atoms with Gasteiger partial charge in [-0.1, -0.05) is 18.2 Å². The SMILES string of the molecule is Cc1ccccc1-n1c(=O)n(CC2CCCO2)c(=O)c2c1ncn2C(C)C. The van der Waals surface area contributed by atoms with Gasteiger partial charge in [-0.25, -0.2) is 14.3 Å². The van der Waals surface area contributed by atoms with Crippen LogP contribution in [0.3, 0.4) is 0 Å². The number of fused-ring (bicyclic) bond motifs is 1. The summed E-state index contributed by atoms with van der Waals surface area (Å²) in [7, 11) is 0. The number of rotatable bonds is 4. The minimum atomic E-state index is -0.369. The van der Waals surface area contributed by atoms with Gasteiger partial charge < -0.3 is 9.30 Å². The van der Waals surface area contributed by atoms with E-state index in [0.29, 0.717) is 17.8 Å². The van der Waals surface area contributed by atoms with Gasteiger partial charge in [0.25, 0.3) is 5.56 Å². The standard InChI is InChI=1S/C20H24N4O3/c1-13(2)23-12-21-18-17(23)19(25)22(11-15-8-6-10-27-15)20(26)24(18)16-9-5-4-7-14(16)3/h4-5,7,9,12-13,15H,6,8,10-11H2,1-3H3. The Balaban J connectivity index is 2.05. The third-order valence-electron chi connectivity index (χ3n) is 5.18. The van der Waals surface area contributed by atoms with E-state index in [9.17, 15) is 9.59 Å². The molecule has 7 heteroatoms. The van der Waals surface area contributed by atoms with Gasteiger partial charge in [0.15, 0.2) is 11.2 Å². The Morgan fingerprint density at radius 3 is 2.70 bits per heavy atom. The van der Waals surface area contributed by atoms with Gasteiger partial charge in [-0.15, -0.1) is 0 Å². The molecule has 1 aliphatic heterocycles. The molecule has 1 fully saturated rings. The van der Waals surface area contributed by atoms with Gasteiger partial charge in [0.1, 0.15) is 0 Å². The van der Waals surface area contributed by atoms with E-state index >= 15 is 0 Å². The molecule has 0 radical (unpaired) electrons. The normalized spacial score (nSPS) is 17.3. The van der Waals surface area contributed by atoms with Crippen LogP contribution in [0.1, 0.15) is 38.3 Å². The highest BCUT2D eigenvalue weighted by Gasteiger charge is 2.24. The van der Waals surface area contributed by atoms with Crippen molar-refractivity contribution in [1.82, 2.24) is 18.7 Å². The Morgan fingerprint density at radius 2 is 2.04 bits per heavy atom. The molecule has 3 aromatic rings. The van der Waals surface area contributed by atoms with Gasteiger partial charge in [-0.05, 0) is 45.2 Å². The van der Waals surface area contributed by atoms with Crippen LogP contribution in [0.4, 0.5) is 0 Å². The zero-order valence-corrected chi connectivity index (χ0v) is 15.9. The lowest BCUT2D eigenvalue weighted by Gasteiger charge is -2.17. The maximum absolute atomic E-state index is 13.3. The molecule has 1 aromatic carbocycles. The second-order valence-electron chi connectivity index (χ2n) is 7.37. The third kappa shape index (κ3) is 2.92. The van der Waals surface area contributed by atoms with E-state index in [4.69, 9.17) is 4.74 Å². The second kappa shape index (κ2) is 6.81. The van der Waals surface area contributed by atoms with Gasteiger partial charge in [0, 0.05) is 12.6 Å². The van der Waals surface area contributed by atoms with Crippen molar-refractivity contribution in [2.75, 3.05) is 6.61 Å². The molecule has 4 rings (SSSR count). The first-order valence-electron chi connectivity index (χ1n) is 9.39. The van der Waals surface area contributed by atoms with Crippen molar-refractivity contribution in [2.24, 2.45) is 0 Å². The highest BCUT2D eigenvalue weighted by Crippen LogP contribution is 2.19. The van der Waals surface area contributed by atoms with E-state index in [2.05, 4.69) is 4.98 Å². The smallest absolute Gasteiger partial charge is 0.337 e. The summed E-state index contributed by atoms with van der Waals surface area (Å²) in [5.74, 6) is 0. The number of benzene rings is 1. The molecule has 0 spiro atoms. The summed E-state index contributed by atoms with van der Waals surface area (Å²) < 4.78 is 10.4. The van der Waals surface area contributed by atoms with Crippen LogP contribution in [0.25, 0.3) is 16.9 Å². The van der Waals surface area contributed by atoms with E-state index in [1.54, 1.807) is 10.9 Å². The molecular formula is C20H24N4O3. The summed E-state index contributed by atoms with van der Waals surface area (Å²) in [5, 5.41) is 0. The lowest BCUT2D eigenvalue weighted by molar-refractivity contribution is 0.0950. The van der Waals surface area contributed by atoms with Crippen molar-refractivity contribution >= 4 is 11.2 Å². The van der Waals surface area contributed by atoms with Crippen LogP contribution in [0.2, 0.25) is 0 Å². The van der Waals surface area contributed by atoms with Gasteiger partial charge in [0.2, 0.25) is 0 Å². The minimum absolute atomic E-state index is 0.0571. The fourth-order valence-corrected chi connectivity index (χ4v) is 3.72. The Labute approximate surface area is 156 Å². The molecule has 3 heterocycles. The molecule has 1 unspecified atom stereocenters. The van der Waals surface area contributed by atoms with E-state index in [1.165, 1.54) is 4.57 Å². The van der Waals surface area contributed by atoms with Crippen molar-refractivity contribution in [2.45, 2.75) is 52.3 Å². The number of ether oxygens (including phenoxy) is 1. The van der Waals surface area contributed by atoms with Crippen LogP contribution in [-0.2, 0) is 11.3 Å². The Kier molecular flexibility index (Phi) is 4.47. The first kappa shape index (κ1) is 17.7. The first-order valence-corrected chi connectivity index (χ1v) is 9.39. The van der Waals surface area contributed by atoms with Crippen LogP contribution in [0, 0.1) is 6.92 Å². The van der Waals surface area contributed by atoms with Crippen LogP contribution in [-0.4, -0.2) is 31.4 Å². The van der Waals surface area contributed by atoms with E-state index in [0.717, 1.165) is 24.1 Å². The molecule has 142 valence electrons. The minimum Gasteiger partial charge on any atom is -0.376 e. The quantitative estimate of drug-likeness (QED) is 0.709. The summed E-state index contributed by atoms with van der Waals surface area (Å²) >= 11 is 0. The van der Waals surface area contributed by atoms with Gasteiger partial charge in [-0.2, -0.15) is 0 Å². The second-order valence-corrected chi connectivity index (χ2v) is 7.37. The number of hydrogen-bond donors (Lipinski definition) is 0. The molecule has 0 N–H and O–H groups in total. The van der Waals surface area contributed by atoms with Crippen LogP contribution in [0.5, 0.6) is 0 Å². The Hall–Kier alpha value is -2.67. The molecule has 1 atom stereocenters. The molecule has 0 saturated carbocycles. The van der Waals surface area contributed by atoms with E-state index in [-0.39, 0.29) is 29.9 Å². The lowest BCUT2D eigenvalue weighted by Crippen LogP contribution is -2.42. The maximum atomic E-state index is 13.3. The molecule has 0 aliphatic carbocycles. The number of hydrogen-bond acceptors (Lipinski definition) is 4. The molecule has 7 nitrogen and oxygen atoms in total. The van der Waals surface area contributed by atoms with Gasteiger partial charge in [-0.3, -0.25) is 9.36 Å². The highest BCUT2D eigenvalue weighted by molar-refractivity contribution is 5.73. The fraction of sp³-hybridized carbons (Fsp3) is 0.450. The molecule has 27 heavy (non-hydrogen) atoms. The Morgan fingerprint density at radius 1 is 1.26 bits per heavy atom. The van der Waals surface area contributed by atoms with Crippen molar-refractivity contribution in [3.63, 3.8) is 0 Å². The van der Waals surface area contributed by atoms with Gasteiger partial charge >= 0.3 is 5.69 Å². The van der Waals surface area contributed by atoms with Crippen LogP contribution in [0.15, 0.2) is 40.2 Å². The largest absolute Gasteiger partial charge is 0.376 e. The summed E-state index contributed by atoms with van der Waals surface area (Å²) in [4.78, 5) is 31.0. The Bertz CT molecular complexity index is 1100. The van der Waals surface area contributed by atoms with Crippen molar-refractivity contribution < 1.29 is 4.74 Å². The molecule has 0 bridgehead atoms. The summed E-state index contributed by atoms with van der Waals surface area (Å²) in [6, 6.07) is 7.70. The summed E-state index contributed by atoms with van der Waals surface area (Å²) in [5.41, 5.74) is 1.86. The molecule has 0 amide bonds. The third-order valence-corrected chi connectivity index (χ3v) is 5.18. The molecule has 1 aliphatic rings. The average molecular weight is 368 g/mol. The zero-order chi connectivity index (χ0) is 19.1. The highest BCUT2D eigenvalue weighted by atomic mass is 16.5. The van der Waals surface area contributed by atoms with Crippen LogP contribution < -0.4 is 11.2 Å². The number of nitrogens with zero attached hydrogens (tertiary/aromatic N) is 4. The number of para-hydroxylation sites is 1.